The molecule has 0 saturated heterocycles. The molecule has 1 heterocycles. The number of benzene rings is 2. The van der Waals surface area contributed by atoms with E-state index in [2.05, 4.69) is 0 Å². The number of rotatable bonds is 2. The quantitative estimate of drug-likeness (QED) is 0.790. The first kappa shape index (κ1) is 17.7. The molecule has 1 aliphatic rings. The molecule has 2 aromatic rings. The number of fused-ring (bicyclic) bond motifs is 3. The van der Waals surface area contributed by atoms with Gasteiger partial charge in [0.15, 0.2) is 0 Å². The van der Waals surface area contributed by atoms with Crippen molar-refractivity contribution >= 4 is 34.2 Å². The Labute approximate surface area is 152 Å². The Hall–Kier alpha value is -2.14. The van der Waals surface area contributed by atoms with Crippen LogP contribution in [0.5, 0.6) is 11.5 Å². The van der Waals surface area contributed by atoms with E-state index in [0.717, 1.165) is 10.9 Å². The van der Waals surface area contributed by atoms with Gasteiger partial charge in [-0.3, -0.25) is 4.90 Å². The predicted molar refractivity (Wildman–Crippen MR) is 99.2 cm³/mol. The van der Waals surface area contributed by atoms with E-state index in [0.29, 0.717) is 29.2 Å². The number of alkyl halides is 1. The molecule has 0 aliphatic carbocycles. The van der Waals surface area contributed by atoms with Gasteiger partial charge in [-0.2, -0.15) is 0 Å². The number of ether oxygens (including phenoxy) is 2. The van der Waals surface area contributed by atoms with E-state index in [-0.39, 0.29) is 11.7 Å². The fourth-order valence-electron chi connectivity index (χ4n) is 3.20. The van der Waals surface area contributed by atoms with Crippen molar-refractivity contribution in [2.75, 3.05) is 24.4 Å². The van der Waals surface area contributed by atoms with Crippen molar-refractivity contribution in [1.29, 1.82) is 0 Å². The zero-order valence-corrected chi connectivity index (χ0v) is 15.6. The maximum Gasteiger partial charge on any atom is 0.414 e. The number of carbonyl (C=O) groups is 1. The van der Waals surface area contributed by atoms with Gasteiger partial charge < -0.3 is 14.6 Å². The maximum atomic E-state index is 12.6. The summed E-state index contributed by atoms with van der Waals surface area (Å²) in [6.07, 6.45) is -0.442. The van der Waals surface area contributed by atoms with Crippen molar-refractivity contribution in [3.05, 3.63) is 29.8 Å². The van der Waals surface area contributed by atoms with Crippen LogP contribution < -0.4 is 9.64 Å². The highest BCUT2D eigenvalue weighted by Gasteiger charge is 2.36. The topological polar surface area (TPSA) is 59.0 Å². The summed E-state index contributed by atoms with van der Waals surface area (Å²) < 4.78 is 10.8. The van der Waals surface area contributed by atoms with Gasteiger partial charge in [0.2, 0.25) is 0 Å². The molecular weight excluding hydrogens is 342 g/mol. The third-order valence-corrected chi connectivity index (χ3v) is 4.62. The number of aromatic hydroxyl groups is 1. The van der Waals surface area contributed by atoms with Crippen LogP contribution in [0.15, 0.2) is 24.3 Å². The summed E-state index contributed by atoms with van der Waals surface area (Å²) in [7, 11) is 1.59. The SMILES string of the molecule is COc1ccc2c(O)cc3c(c2c1)[C@@H](CCl)CN3C(=O)OC(C)(C)C. The number of carbonyl (C=O) groups excluding carboxylic acids is 1. The zero-order chi connectivity index (χ0) is 18.4. The van der Waals surface area contributed by atoms with E-state index >= 15 is 0 Å². The molecule has 1 atom stereocenters. The van der Waals surface area contributed by atoms with Crippen LogP contribution in [0.25, 0.3) is 10.8 Å². The molecule has 0 radical (unpaired) electrons. The van der Waals surface area contributed by atoms with Crippen molar-refractivity contribution < 1.29 is 19.4 Å². The molecule has 134 valence electrons. The van der Waals surface area contributed by atoms with E-state index in [1.165, 1.54) is 0 Å². The molecule has 0 aromatic heterocycles. The number of nitrogens with zero attached hydrogens (tertiary/aromatic N) is 1. The molecule has 0 unspecified atom stereocenters. The Morgan fingerprint density at radius 3 is 2.64 bits per heavy atom. The summed E-state index contributed by atoms with van der Waals surface area (Å²) in [5, 5.41) is 12.0. The summed E-state index contributed by atoms with van der Waals surface area (Å²) in [5.74, 6) is 1.12. The van der Waals surface area contributed by atoms with Crippen LogP contribution in [-0.2, 0) is 4.74 Å². The molecule has 1 amide bonds. The van der Waals surface area contributed by atoms with E-state index in [4.69, 9.17) is 21.1 Å². The number of methoxy groups -OCH3 is 1. The van der Waals surface area contributed by atoms with Gasteiger partial charge in [-0.05, 0) is 49.9 Å². The number of hydrogen-bond acceptors (Lipinski definition) is 4. The normalized spacial score (nSPS) is 16.8. The average Bonchev–Trinajstić information content (AvgIpc) is 2.91. The third kappa shape index (κ3) is 3.21. The molecule has 1 aliphatic heterocycles. The summed E-state index contributed by atoms with van der Waals surface area (Å²) in [6, 6.07) is 7.09. The number of phenolic OH excluding ortho intramolecular Hbond substituents is 1. The lowest BCUT2D eigenvalue weighted by atomic mass is 9.95. The molecule has 0 spiro atoms. The monoisotopic (exact) mass is 363 g/mol. The zero-order valence-electron chi connectivity index (χ0n) is 14.8. The van der Waals surface area contributed by atoms with Gasteiger partial charge in [-0.25, -0.2) is 4.79 Å². The van der Waals surface area contributed by atoms with E-state index in [1.54, 1.807) is 24.1 Å². The van der Waals surface area contributed by atoms with Gasteiger partial charge >= 0.3 is 6.09 Å². The first-order valence-electron chi connectivity index (χ1n) is 8.15. The highest BCUT2D eigenvalue weighted by atomic mass is 35.5. The van der Waals surface area contributed by atoms with E-state index in [9.17, 15) is 9.90 Å². The third-order valence-electron chi connectivity index (χ3n) is 4.24. The van der Waals surface area contributed by atoms with Crippen molar-refractivity contribution in [1.82, 2.24) is 0 Å². The van der Waals surface area contributed by atoms with Gasteiger partial charge in [0.1, 0.15) is 17.1 Å². The van der Waals surface area contributed by atoms with Crippen molar-refractivity contribution in [3.63, 3.8) is 0 Å². The van der Waals surface area contributed by atoms with Crippen LogP contribution in [-0.4, -0.2) is 36.3 Å². The largest absolute Gasteiger partial charge is 0.507 e. The van der Waals surface area contributed by atoms with Gasteiger partial charge in [0.25, 0.3) is 0 Å². The first-order chi connectivity index (χ1) is 11.7. The van der Waals surface area contributed by atoms with Gasteiger partial charge in [-0.1, -0.05) is 0 Å². The lowest BCUT2D eigenvalue weighted by Gasteiger charge is -2.25. The maximum absolute atomic E-state index is 12.6. The second-order valence-electron chi connectivity index (χ2n) is 7.18. The second kappa shape index (κ2) is 6.30. The van der Waals surface area contributed by atoms with Crippen LogP contribution in [0.1, 0.15) is 32.3 Å². The summed E-state index contributed by atoms with van der Waals surface area (Å²) in [6.45, 7) is 5.89. The average molecular weight is 364 g/mol. The molecule has 3 rings (SSSR count). The molecule has 6 heteroatoms. The van der Waals surface area contributed by atoms with Crippen LogP contribution >= 0.6 is 11.6 Å². The molecule has 25 heavy (non-hydrogen) atoms. The highest BCUT2D eigenvalue weighted by molar-refractivity contribution is 6.19. The summed E-state index contributed by atoms with van der Waals surface area (Å²) >= 11 is 6.18. The summed E-state index contributed by atoms with van der Waals surface area (Å²) in [5.41, 5.74) is 0.976. The second-order valence-corrected chi connectivity index (χ2v) is 7.49. The molecule has 2 aromatic carbocycles. The fraction of sp³-hybridized carbons (Fsp3) is 0.421. The van der Waals surface area contributed by atoms with Gasteiger partial charge in [-0.15, -0.1) is 11.6 Å². The lowest BCUT2D eigenvalue weighted by molar-refractivity contribution is 0.0582. The Morgan fingerprint density at radius 2 is 2.04 bits per heavy atom. The first-order valence-corrected chi connectivity index (χ1v) is 8.68. The number of phenols is 1. The molecular formula is C19H22ClNO4. The minimum Gasteiger partial charge on any atom is -0.507 e. The fourth-order valence-corrected chi connectivity index (χ4v) is 3.45. The van der Waals surface area contributed by atoms with E-state index < -0.39 is 11.7 Å². The van der Waals surface area contributed by atoms with Crippen LogP contribution in [0, 0.1) is 0 Å². The smallest absolute Gasteiger partial charge is 0.414 e. The van der Waals surface area contributed by atoms with Gasteiger partial charge in [0.05, 0.1) is 12.8 Å². The molecule has 0 saturated carbocycles. The minimum absolute atomic E-state index is 0.0422. The minimum atomic E-state index is -0.599. The number of anilines is 1. The number of amides is 1. The van der Waals surface area contributed by atoms with Crippen LogP contribution in [0.2, 0.25) is 0 Å². The van der Waals surface area contributed by atoms with Crippen molar-refractivity contribution in [2.24, 2.45) is 0 Å². The van der Waals surface area contributed by atoms with Crippen molar-refractivity contribution in [2.45, 2.75) is 32.3 Å². The Bertz CT molecular complexity index is 828. The van der Waals surface area contributed by atoms with Crippen LogP contribution in [0.4, 0.5) is 10.5 Å². The number of hydrogen-bond donors (Lipinski definition) is 1. The Balaban J connectivity index is 2.16. The Morgan fingerprint density at radius 1 is 1.32 bits per heavy atom. The highest BCUT2D eigenvalue weighted by Crippen LogP contribution is 2.46. The molecule has 0 bridgehead atoms. The van der Waals surface area contributed by atoms with Crippen molar-refractivity contribution in [3.8, 4) is 11.5 Å². The molecule has 1 N–H and O–H groups in total. The van der Waals surface area contributed by atoms with Gasteiger partial charge in [0, 0.05) is 29.8 Å². The molecule has 5 nitrogen and oxygen atoms in total. The van der Waals surface area contributed by atoms with E-state index in [1.807, 2.05) is 32.9 Å². The molecule has 0 fully saturated rings. The predicted octanol–water partition coefficient (Wildman–Crippen LogP) is 4.63. The standard InChI is InChI=1S/C19H22ClNO4/c1-19(2,3)25-18(23)21-10-11(9-20)17-14-7-12(24-4)5-6-13(14)16(22)8-15(17)21/h5-8,11,22H,9-10H2,1-4H3/t11-/m0/s1. The Kier molecular flexibility index (Phi) is 4.45. The lowest BCUT2D eigenvalue weighted by Crippen LogP contribution is -2.36. The van der Waals surface area contributed by atoms with Crippen LogP contribution in [0.3, 0.4) is 0 Å². The number of halogens is 1. The summed E-state index contributed by atoms with van der Waals surface area (Å²) in [4.78, 5) is 14.2.